The van der Waals surface area contributed by atoms with Crippen LogP contribution >= 0.6 is 15.9 Å². The standard InChI is InChI=1S/C11H13BrF3NO2/c1-18-6-8(17)5-16-10-4-7(12)2-3-9(10)11(13,14)15/h2-4,8,16-17H,5-6H2,1H3. The first-order chi connectivity index (χ1) is 8.34. The fourth-order valence-corrected chi connectivity index (χ4v) is 1.75. The van der Waals surface area contributed by atoms with E-state index in [0.717, 1.165) is 6.07 Å². The molecular weight excluding hydrogens is 315 g/mol. The molecule has 0 saturated carbocycles. The number of hydrogen-bond acceptors (Lipinski definition) is 3. The topological polar surface area (TPSA) is 41.5 Å². The van der Waals surface area contributed by atoms with E-state index in [9.17, 15) is 18.3 Å². The van der Waals surface area contributed by atoms with Crippen LogP contribution in [-0.2, 0) is 10.9 Å². The molecule has 102 valence electrons. The molecule has 0 saturated heterocycles. The number of aliphatic hydroxyl groups excluding tert-OH is 1. The van der Waals surface area contributed by atoms with Gasteiger partial charge in [0.15, 0.2) is 0 Å². The van der Waals surface area contributed by atoms with Crippen LogP contribution in [0.2, 0.25) is 0 Å². The average molecular weight is 328 g/mol. The highest BCUT2D eigenvalue weighted by Gasteiger charge is 2.33. The van der Waals surface area contributed by atoms with Crippen molar-refractivity contribution in [2.45, 2.75) is 12.3 Å². The van der Waals surface area contributed by atoms with E-state index in [-0.39, 0.29) is 18.8 Å². The van der Waals surface area contributed by atoms with Crippen molar-refractivity contribution in [1.82, 2.24) is 0 Å². The Hall–Kier alpha value is -0.790. The van der Waals surface area contributed by atoms with Crippen molar-refractivity contribution in [2.24, 2.45) is 0 Å². The minimum Gasteiger partial charge on any atom is -0.389 e. The molecule has 0 aliphatic heterocycles. The Morgan fingerprint density at radius 3 is 2.67 bits per heavy atom. The molecule has 0 spiro atoms. The largest absolute Gasteiger partial charge is 0.418 e. The zero-order valence-electron chi connectivity index (χ0n) is 9.59. The maximum atomic E-state index is 12.7. The lowest BCUT2D eigenvalue weighted by Crippen LogP contribution is -2.25. The molecule has 0 heterocycles. The first-order valence-electron chi connectivity index (χ1n) is 5.12. The second-order valence-corrected chi connectivity index (χ2v) is 4.59. The van der Waals surface area contributed by atoms with E-state index < -0.39 is 17.8 Å². The Bertz CT molecular complexity index is 398. The lowest BCUT2D eigenvalue weighted by molar-refractivity contribution is -0.137. The molecule has 0 radical (unpaired) electrons. The zero-order valence-corrected chi connectivity index (χ0v) is 11.2. The number of methoxy groups -OCH3 is 1. The molecule has 18 heavy (non-hydrogen) atoms. The highest BCUT2D eigenvalue weighted by atomic mass is 79.9. The number of rotatable bonds is 5. The fraction of sp³-hybridized carbons (Fsp3) is 0.455. The van der Waals surface area contributed by atoms with Gasteiger partial charge in [0.2, 0.25) is 0 Å². The summed E-state index contributed by atoms with van der Waals surface area (Å²) in [6, 6.07) is 3.62. The molecule has 0 aliphatic rings. The van der Waals surface area contributed by atoms with Gasteiger partial charge in [0.05, 0.1) is 18.3 Å². The van der Waals surface area contributed by atoms with Crippen LogP contribution in [-0.4, -0.2) is 31.5 Å². The van der Waals surface area contributed by atoms with Crippen LogP contribution in [0.4, 0.5) is 18.9 Å². The summed E-state index contributed by atoms with van der Waals surface area (Å²) in [5.74, 6) is 0. The first kappa shape index (κ1) is 15.3. The summed E-state index contributed by atoms with van der Waals surface area (Å²) in [4.78, 5) is 0. The third-order valence-electron chi connectivity index (χ3n) is 2.17. The molecule has 1 aromatic carbocycles. The van der Waals surface area contributed by atoms with Gasteiger partial charge in [-0.3, -0.25) is 0 Å². The maximum absolute atomic E-state index is 12.7. The maximum Gasteiger partial charge on any atom is 0.418 e. The third kappa shape index (κ3) is 4.47. The normalized spacial score (nSPS) is 13.4. The molecule has 0 amide bonds. The van der Waals surface area contributed by atoms with Gasteiger partial charge in [0.25, 0.3) is 0 Å². The fourth-order valence-electron chi connectivity index (χ4n) is 1.39. The summed E-state index contributed by atoms with van der Waals surface area (Å²) in [5.41, 5.74) is -0.845. The molecule has 0 bridgehead atoms. The van der Waals surface area contributed by atoms with Crippen molar-refractivity contribution in [1.29, 1.82) is 0 Å². The van der Waals surface area contributed by atoms with Crippen molar-refractivity contribution in [3.05, 3.63) is 28.2 Å². The zero-order chi connectivity index (χ0) is 13.8. The summed E-state index contributed by atoms with van der Waals surface area (Å²) < 4.78 is 43.3. The van der Waals surface area contributed by atoms with E-state index in [1.54, 1.807) is 0 Å². The molecule has 2 N–H and O–H groups in total. The Morgan fingerprint density at radius 1 is 1.44 bits per heavy atom. The number of halogens is 4. The molecule has 0 fully saturated rings. The number of hydrogen-bond donors (Lipinski definition) is 2. The predicted molar refractivity (Wildman–Crippen MR) is 65.5 cm³/mol. The number of alkyl halides is 3. The van der Waals surface area contributed by atoms with E-state index in [2.05, 4.69) is 21.2 Å². The van der Waals surface area contributed by atoms with Crippen LogP contribution in [0.25, 0.3) is 0 Å². The van der Waals surface area contributed by atoms with Crippen molar-refractivity contribution < 1.29 is 23.0 Å². The van der Waals surface area contributed by atoms with Crippen LogP contribution in [0.15, 0.2) is 22.7 Å². The molecule has 0 aromatic heterocycles. The Morgan fingerprint density at radius 2 is 2.11 bits per heavy atom. The number of aliphatic hydroxyl groups is 1. The molecule has 1 rings (SSSR count). The smallest absolute Gasteiger partial charge is 0.389 e. The van der Waals surface area contributed by atoms with E-state index in [1.165, 1.54) is 19.2 Å². The van der Waals surface area contributed by atoms with Gasteiger partial charge in [-0.1, -0.05) is 15.9 Å². The van der Waals surface area contributed by atoms with E-state index in [0.29, 0.717) is 4.47 Å². The second-order valence-electron chi connectivity index (χ2n) is 3.68. The van der Waals surface area contributed by atoms with Crippen LogP contribution in [0, 0.1) is 0 Å². The minimum absolute atomic E-state index is 0.0205. The minimum atomic E-state index is -4.44. The third-order valence-corrected chi connectivity index (χ3v) is 2.67. The van der Waals surface area contributed by atoms with E-state index in [1.807, 2.05) is 0 Å². The number of anilines is 1. The number of nitrogens with one attached hydrogen (secondary N) is 1. The molecule has 3 nitrogen and oxygen atoms in total. The van der Waals surface area contributed by atoms with Crippen molar-refractivity contribution in [3.8, 4) is 0 Å². The highest BCUT2D eigenvalue weighted by molar-refractivity contribution is 9.10. The van der Waals surface area contributed by atoms with E-state index in [4.69, 9.17) is 4.74 Å². The van der Waals surface area contributed by atoms with Crippen LogP contribution in [0.1, 0.15) is 5.56 Å². The average Bonchev–Trinajstić information content (AvgIpc) is 2.25. The van der Waals surface area contributed by atoms with Gasteiger partial charge in [-0.25, -0.2) is 0 Å². The number of benzene rings is 1. The highest BCUT2D eigenvalue weighted by Crippen LogP contribution is 2.36. The van der Waals surface area contributed by atoms with Crippen molar-refractivity contribution in [2.75, 3.05) is 25.6 Å². The van der Waals surface area contributed by atoms with Gasteiger partial charge in [0.1, 0.15) is 0 Å². The SMILES string of the molecule is COCC(O)CNc1cc(Br)ccc1C(F)(F)F. The molecule has 1 unspecified atom stereocenters. The van der Waals surface area contributed by atoms with Crippen LogP contribution in [0.3, 0.4) is 0 Å². The van der Waals surface area contributed by atoms with Gasteiger partial charge in [-0.15, -0.1) is 0 Å². The monoisotopic (exact) mass is 327 g/mol. The summed E-state index contributed by atoms with van der Waals surface area (Å²) in [6.07, 6.45) is -5.30. The van der Waals surface area contributed by atoms with Crippen molar-refractivity contribution in [3.63, 3.8) is 0 Å². The summed E-state index contributed by atoms with van der Waals surface area (Å²) in [6.45, 7) is 0.0374. The van der Waals surface area contributed by atoms with Gasteiger partial charge >= 0.3 is 6.18 Å². The lowest BCUT2D eigenvalue weighted by atomic mass is 10.1. The summed E-state index contributed by atoms with van der Waals surface area (Å²) in [5, 5.41) is 12.0. The van der Waals surface area contributed by atoms with Gasteiger partial charge in [-0.2, -0.15) is 13.2 Å². The van der Waals surface area contributed by atoms with Crippen LogP contribution < -0.4 is 5.32 Å². The van der Waals surface area contributed by atoms with Gasteiger partial charge < -0.3 is 15.2 Å². The molecular formula is C11H13BrF3NO2. The quantitative estimate of drug-likeness (QED) is 0.873. The van der Waals surface area contributed by atoms with E-state index >= 15 is 0 Å². The predicted octanol–water partition coefficient (Wildman–Crippen LogP) is 2.89. The van der Waals surface area contributed by atoms with Crippen LogP contribution in [0.5, 0.6) is 0 Å². The molecule has 1 aromatic rings. The molecule has 7 heteroatoms. The molecule has 1 atom stereocenters. The lowest BCUT2D eigenvalue weighted by Gasteiger charge is -2.17. The Labute approximate surface area is 111 Å². The van der Waals surface area contributed by atoms with Gasteiger partial charge in [-0.05, 0) is 18.2 Å². The summed E-state index contributed by atoms with van der Waals surface area (Å²) >= 11 is 3.11. The Kier molecular flexibility index (Phi) is 5.43. The Balaban J connectivity index is 2.83. The second kappa shape index (κ2) is 6.40. The first-order valence-corrected chi connectivity index (χ1v) is 5.91. The summed E-state index contributed by atoms with van der Waals surface area (Å²) in [7, 11) is 1.41. The molecule has 0 aliphatic carbocycles. The number of ether oxygens (including phenoxy) is 1. The van der Waals surface area contributed by atoms with Crippen molar-refractivity contribution >= 4 is 21.6 Å². The van der Waals surface area contributed by atoms with Gasteiger partial charge in [0, 0.05) is 23.8 Å².